The highest BCUT2D eigenvalue weighted by Crippen LogP contribution is 2.17. The first-order chi connectivity index (χ1) is 12.6. The van der Waals surface area contributed by atoms with Gasteiger partial charge in [0.2, 0.25) is 5.91 Å². The third-order valence-electron chi connectivity index (χ3n) is 3.49. The number of hydrogen-bond donors (Lipinski definition) is 3. The van der Waals surface area contributed by atoms with E-state index in [1.807, 2.05) is 30.3 Å². The number of ether oxygens (including phenoxy) is 1. The molecule has 2 aromatic carbocycles. The van der Waals surface area contributed by atoms with E-state index in [0.717, 1.165) is 5.56 Å². The summed E-state index contributed by atoms with van der Waals surface area (Å²) in [6, 6.07) is 15.2. The van der Waals surface area contributed by atoms with E-state index in [1.54, 1.807) is 25.1 Å². The summed E-state index contributed by atoms with van der Waals surface area (Å²) in [5, 5.41) is 16.2. The van der Waals surface area contributed by atoms with E-state index in [2.05, 4.69) is 15.8 Å². The van der Waals surface area contributed by atoms with Crippen molar-refractivity contribution in [1.82, 2.24) is 10.7 Å². The molecule has 136 valence electrons. The van der Waals surface area contributed by atoms with Crippen molar-refractivity contribution >= 4 is 18.2 Å². The van der Waals surface area contributed by atoms with E-state index < -0.39 is 12.1 Å². The van der Waals surface area contributed by atoms with Crippen molar-refractivity contribution in [3.05, 3.63) is 65.7 Å². The van der Waals surface area contributed by atoms with Crippen molar-refractivity contribution in [2.75, 3.05) is 6.61 Å². The Morgan fingerprint density at radius 1 is 1.15 bits per heavy atom. The topological polar surface area (TPSA) is 100 Å². The molecule has 0 aromatic heterocycles. The van der Waals surface area contributed by atoms with E-state index >= 15 is 0 Å². The first-order valence-electron chi connectivity index (χ1n) is 8.18. The molecular weight excluding hydrogens is 334 g/mol. The zero-order valence-corrected chi connectivity index (χ0v) is 14.4. The van der Waals surface area contributed by atoms with Gasteiger partial charge in [0, 0.05) is 5.56 Å². The van der Waals surface area contributed by atoms with Gasteiger partial charge in [0.1, 0.15) is 5.75 Å². The van der Waals surface area contributed by atoms with Crippen LogP contribution < -0.4 is 10.7 Å². The van der Waals surface area contributed by atoms with Gasteiger partial charge in [0.15, 0.2) is 0 Å². The van der Waals surface area contributed by atoms with Crippen LogP contribution in [0.2, 0.25) is 0 Å². The molecule has 0 fully saturated rings. The normalized spacial score (nSPS) is 11.7. The number of benzene rings is 2. The largest absolute Gasteiger partial charge is 0.507 e. The van der Waals surface area contributed by atoms with E-state index in [1.165, 1.54) is 12.3 Å². The van der Waals surface area contributed by atoms with Gasteiger partial charge in [-0.2, -0.15) is 5.10 Å². The second-order valence-corrected chi connectivity index (χ2v) is 5.38. The second-order valence-electron chi connectivity index (χ2n) is 5.38. The van der Waals surface area contributed by atoms with Crippen molar-refractivity contribution in [1.29, 1.82) is 0 Å². The number of carbonyl (C=O) groups excluding carboxylic acids is 2. The first kappa shape index (κ1) is 19.0. The molecule has 26 heavy (non-hydrogen) atoms. The van der Waals surface area contributed by atoms with Crippen molar-refractivity contribution < 1.29 is 19.4 Å². The Morgan fingerprint density at radius 2 is 1.85 bits per heavy atom. The molecule has 2 aromatic rings. The minimum absolute atomic E-state index is 0.0130. The van der Waals surface area contributed by atoms with Gasteiger partial charge in [0.25, 0.3) is 0 Å². The van der Waals surface area contributed by atoms with Gasteiger partial charge in [-0.05, 0) is 24.6 Å². The smallest absolute Gasteiger partial charge is 0.407 e. The maximum Gasteiger partial charge on any atom is 0.407 e. The molecule has 3 N–H and O–H groups in total. The van der Waals surface area contributed by atoms with Gasteiger partial charge in [-0.1, -0.05) is 42.5 Å². The number of hydrogen-bond acceptors (Lipinski definition) is 5. The maximum atomic E-state index is 12.2. The van der Waals surface area contributed by atoms with Crippen molar-refractivity contribution in [3.63, 3.8) is 0 Å². The Labute approximate surface area is 151 Å². The lowest BCUT2D eigenvalue weighted by Gasteiger charge is -2.18. The fraction of sp³-hybridized carbons (Fsp3) is 0.211. The molecule has 0 saturated carbocycles. The van der Waals surface area contributed by atoms with Crippen LogP contribution in [0.15, 0.2) is 59.7 Å². The van der Waals surface area contributed by atoms with Crippen LogP contribution in [0, 0.1) is 0 Å². The molecule has 0 bridgehead atoms. The summed E-state index contributed by atoms with van der Waals surface area (Å²) in [5.41, 5.74) is 3.65. The molecule has 2 rings (SSSR count). The predicted octanol–water partition coefficient (Wildman–Crippen LogP) is 2.72. The van der Waals surface area contributed by atoms with Crippen LogP contribution in [0.25, 0.3) is 0 Å². The number of amides is 2. The van der Waals surface area contributed by atoms with E-state index in [4.69, 9.17) is 4.74 Å². The number of phenols is 1. The first-order valence-corrected chi connectivity index (χ1v) is 8.18. The van der Waals surface area contributed by atoms with Crippen LogP contribution in [-0.4, -0.2) is 29.9 Å². The van der Waals surface area contributed by atoms with Gasteiger partial charge in [-0.25, -0.2) is 10.2 Å². The van der Waals surface area contributed by atoms with Crippen LogP contribution in [-0.2, 0) is 9.53 Å². The fourth-order valence-corrected chi connectivity index (χ4v) is 2.25. The Balaban J connectivity index is 1.99. The highest BCUT2D eigenvalue weighted by Gasteiger charge is 2.18. The molecule has 0 aliphatic heterocycles. The summed E-state index contributed by atoms with van der Waals surface area (Å²) < 4.78 is 4.89. The quantitative estimate of drug-likeness (QED) is 0.525. The molecule has 7 nitrogen and oxygen atoms in total. The SMILES string of the molecule is CCOC(=O)N[C@H](CC(=O)N/N=C\c1ccccc1O)c1ccccc1. The highest BCUT2D eigenvalue weighted by atomic mass is 16.5. The van der Waals surface area contributed by atoms with Crippen molar-refractivity contribution in [2.45, 2.75) is 19.4 Å². The average Bonchev–Trinajstić information content (AvgIpc) is 2.64. The van der Waals surface area contributed by atoms with Crippen LogP contribution in [0.3, 0.4) is 0 Å². The number of nitrogens with zero attached hydrogens (tertiary/aromatic N) is 1. The lowest BCUT2D eigenvalue weighted by molar-refractivity contribution is -0.121. The molecule has 0 unspecified atom stereocenters. The molecular formula is C19H21N3O4. The third kappa shape index (κ3) is 5.94. The van der Waals surface area contributed by atoms with Gasteiger partial charge < -0.3 is 15.2 Å². The number of rotatable bonds is 7. The van der Waals surface area contributed by atoms with E-state index in [0.29, 0.717) is 5.56 Å². The highest BCUT2D eigenvalue weighted by molar-refractivity contribution is 5.85. The molecule has 0 saturated heterocycles. The van der Waals surface area contributed by atoms with Gasteiger partial charge in [0.05, 0.1) is 25.3 Å². The molecule has 0 aliphatic carbocycles. The Kier molecular flexibility index (Phi) is 7.17. The number of phenolic OH excluding ortho intramolecular Hbond substituents is 1. The summed E-state index contributed by atoms with van der Waals surface area (Å²) in [6.45, 7) is 1.95. The number of alkyl carbamates (subject to hydrolysis) is 1. The van der Waals surface area contributed by atoms with Crippen molar-refractivity contribution in [3.8, 4) is 5.75 Å². The number of para-hydroxylation sites is 1. The molecule has 0 spiro atoms. The Hall–Kier alpha value is -3.35. The second kappa shape index (κ2) is 9.83. The van der Waals surface area contributed by atoms with Crippen LogP contribution in [0.4, 0.5) is 4.79 Å². The minimum Gasteiger partial charge on any atom is -0.507 e. The van der Waals surface area contributed by atoms with Crippen molar-refractivity contribution in [2.24, 2.45) is 5.10 Å². The minimum atomic E-state index is -0.591. The Morgan fingerprint density at radius 3 is 2.54 bits per heavy atom. The molecule has 0 radical (unpaired) electrons. The molecule has 7 heteroatoms. The Bertz CT molecular complexity index is 762. The maximum absolute atomic E-state index is 12.2. The van der Waals surface area contributed by atoms with E-state index in [9.17, 15) is 14.7 Å². The van der Waals surface area contributed by atoms with E-state index in [-0.39, 0.29) is 24.7 Å². The molecule has 1 atom stereocenters. The summed E-state index contributed by atoms with van der Waals surface area (Å²) in [6.07, 6.45) is 0.747. The third-order valence-corrected chi connectivity index (χ3v) is 3.49. The van der Waals surface area contributed by atoms with Gasteiger partial charge >= 0.3 is 6.09 Å². The molecule has 2 amide bonds. The lowest BCUT2D eigenvalue weighted by atomic mass is 10.0. The van der Waals surface area contributed by atoms with Crippen LogP contribution in [0.5, 0.6) is 5.75 Å². The van der Waals surface area contributed by atoms with Crippen LogP contribution in [0.1, 0.15) is 30.5 Å². The fourth-order valence-electron chi connectivity index (χ4n) is 2.25. The van der Waals surface area contributed by atoms with Gasteiger partial charge in [-0.15, -0.1) is 0 Å². The summed E-state index contributed by atoms with van der Waals surface area (Å²) in [5.74, 6) is -0.320. The zero-order valence-electron chi connectivity index (χ0n) is 14.4. The molecule has 0 aliphatic rings. The number of hydrazone groups is 1. The predicted molar refractivity (Wildman–Crippen MR) is 97.8 cm³/mol. The zero-order chi connectivity index (χ0) is 18.8. The monoisotopic (exact) mass is 355 g/mol. The summed E-state index contributed by atoms with van der Waals surface area (Å²) in [7, 11) is 0. The summed E-state index contributed by atoms with van der Waals surface area (Å²) in [4.78, 5) is 23.9. The number of nitrogens with one attached hydrogen (secondary N) is 2. The lowest BCUT2D eigenvalue weighted by Crippen LogP contribution is -2.33. The van der Waals surface area contributed by atoms with Crippen LogP contribution >= 0.6 is 0 Å². The standard InChI is InChI=1S/C19H21N3O4/c1-2-26-19(25)21-16(14-8-4-3-5-9-14)12-18(24)22-20-13-15-10-6-7-11-17(15)23/h3-11,13,16,23H,2,12H2,1H3,(H,21,25)(H,22,24)/b20-13-/t16-/m1/s1. The summed E-state index contributed by atoms with van der Waals surface area (Å²) >= 11 is 0. The number of aromatic hydroxyl groups is 1. The molecule has 0 heterocycles. The average molecular weight is 355 g/mol. The van der Waals surface area contributed by atoms with Gasteiger partial charge in [-0.3, -0.25) is 4.79 Å². The number of carbonyl (C=O) groups is 2.